The van der Waals surface area contributed by atoms with Crippen LogP contribution >= 0.6 is 0 Å². The predicted octanol–water partition coefficient (Wildman–Crippen LogP) is 3.21. The maximum Gasteiger partial charge on any atom is 0.238 e. The van der Waals surface area contributed by atoms with Crippen molar-refractivity contribution in [3.05, 3.63) is 29.3 Å². The Morgan fingerprint density at radius 1 is 1.07 bits per heavy atom. The van der Waals surface area contributed by atoms with E-state index in [1.807, 2.05) is 24.0 Å². The van der Waals surface area contributed by atoms with Crippen molar-refractivity contribution in [2.24, 2.45) is 17.8 Å². The van der Waals surface area contributed by atoms with Crippen molar-refractivity contribution < 1.29 is 9.59 Å². The summed E-state index contributed by atoms with van der Waals surface area (Å²) in [7, 11) is 0. The number of fused-ring (bicyclic) bond motifs is 2. The molecule has 3 atom stereocenters. The number of amides is 2. The number of aryl methyl sites for hydroxylation is 1. The van der Waals surface area contributed by atoms with Gasteiger partial charge in [0.15, 0.2) is 0 Å². The Hall–Kier alpha value is -1.88. The highest BCUT2D eigenvalue weighted by atomic mass is 16.2. The van der Waals surface area contributed by atoms with Gasteiger partial charge in [-0.2, -0.15) is 0 Å². The Morgan fingerprint density at radius 2 is 1.86 bits per heavy atom. The summed E-state index contributed by atoms with van der Waals surface area (Å²) in [5.74, 6) is 2.69. The van der Waals surface area contributed by atoms with Gasteiger partial charge in [-0.25, -0.2) is 0 Å². The van der Waals surface area contributed by atoms with Crippen molar-refractivity contribution in [3.63, 3.8) is 0 Å². The van der Waals surface area contributed by atoms with E-state index < -0.39 is 0 Å². The molecule has 4 rings (SSSR count). The Bertz CT molecular complexity index is 739. The number of piperazine rings is 1. The van der Waals surface area contributed by atoms with Crippen LogP contribution in [0, 0.1) is 31.6 Å². The van der Waals surface area contributed by atoms with Crippen molar-refractivity contribution in [2.75, 3.05) is 38.0 Å². The largest absolute Gasteiger partial charge is 0.340 e. The molecule has 0 radical (unpaired) electrons. The molecule has 3 aliphatic rings. The third-order valence-corrected chi connectivity index (χ3v) is 7.29. The number of hydrogen-bond acceptors (Lipinski definition) is 3. The van der Waals surface area contributed by atoms with Crippen LogP contribution < -0.4 is 5.32 Å². The van der Waals surface area contributed by atoms with Crippen molar-refractivity contribution in [3.8, 4) is 0 Å². The molecule has 1 heterocycles. The van der Waals surface area contributed by atoms with Crippen LogP contribution in [0.1, 0.15) is 43.2 Å². The fourth-order valence-electron chi connectivity index (χ4n) is 5.41. The van der Waals surface area contributed by atoms with E-state index >= 15 is 0 Å². The van der Waals surface area contributed by atoms with Crippen molar-refractivity contribution in [1.82, 2.24) is 9.80 Å². The van der Waals surface area contributed by atoms with Gasteiger partial charge in [-0.15, -0.1) is 0 Å². The first kappa shape index (κ1) is 19.4. The maximum absolute atomic E-state index is 12.7. The zero-order valence-electron chi connectivity index (χ0n) is 17.2. The first-order chi connectivity index (χ1) is 13.5. The zero-order chi connectivity index (χ0) is 19.7. The molecular weight excluding hydrogens is 350 g/mol. The summed E-state index contributed by atoms with van der Waals surface area (Å²) in [6.45, 7) is 7.53. The molecule has 1 saturated heterocycles. The number of hydrogen-bond donors (Lipinski definition) is 1. The highest BCUT2D eigenvalue weighted by molar-refractivity contribution is 5.93. The Labute approximate surface area is 168 Å². The molecule has 3 unspecified atom stereocenters. The van der Waals surface area contributed by atoms with Crippen LogP contribution in [-0.4, -0.2) is 54.3 Å². The topological polar surface area (TPSA) is 52.7 Å². The highest BCUT2D eigenvalue weighted by Crippen LogP contribution is 2.49. The summed E-state index contributed by atoms with van der Waals surface area (Å²) in [6, 6.07) is 5.98. The molecule has 2 aliphatic carbocycles. The number of nitrogens with zero attached hydrogens (tertiary/aromatic N) is 2. The summed E-state index contributed by atoms with van der Waals surface area (Å²) in [5.41, 5.74) is 3.19. The quantitative estimate of drug-likeness (QED) is 0.849. The minimum absolute atomic E-state index is 0.0236. The van der Waals surface area contributed by atoms with Gasteiger partial charge in [0, 0.05) is 38.3 Å². The van der Waals surface area contributed by atoms with Gasteiger partial charge in [0.25, 0.3) is 0 Å². The lowest BCUT2D eigenvalue weighted by molar-refractivity contribution is -0.134. The van der Waals surface area contributed by atoms with E-state index in [0.717, 1.165) is 55.7 Å². The van der Waals surface area contributed by atoms with Gasteiger partial charge in [0.1, 0.15) is 0 Å². The van der Waals surface area contributed by atoms with Crippen LogP contribution in [-0.2, 0) is 9.59 Å². The summed E-state index contributed by atoms with van der Waals surface area (Å²) < 4.78 is 0. The SMILES string of the molecule is Cc1cccc(NC(=O)CN2CCN(C(=O)CC3CC4CCC3C4)CC2)c1C. The third-order valence-electron chi connectivity index (χ3n) is 7.29. The molecule has 3 fully saturated rings. The number of benzene rings is 1. The van der Waals surface area contributed by atoms with Gasteiger partial charge in [-0.3, -0.25) is 14.5 Å². The van der Waals surface area contributed by atoms with E-state index in [2.05, 4.69) is 23.2 Å². The van der Waals surface area contributed by atoms with Crippen LogP contribution in [0.3, 0.4) is 0 Å². The fraction of sp³-hybridized carbons (Fsp3) is 0.652. The summed E-state index contributed by atoms with van der Waals surface area (Å²) in [6.07, 6.45) is 6.11. The van der Waals surface area contributed by atoms with Gasteiger partial charge in [0.05, 0.1) is 6.54 Å². The molecule has 5 heteroatoms. The maximum atomic E-state index is 12.7. The van der Waals surface area contributed by atoms with Crippen molar-refractivity contribution >= 4 is 17.5 Å². The van der Waals surface area contributed by atoms with Crippen molar-refractivity contribution in [1.29, 1.82) is 0 Å². The molecule has 1 aromatic carbocycles. The van der Waals surface area contributed by atoms with E-state index in [1.165, 1.54) is 31.2 Å². The molecule has 152 valence electrons. The number of anilines is 1. The lowest BCUT2D eigenvalue weighted by atomic mass is 9.86. The second-order valence-corrected chi connectivity index (χ2v) is 9.09. The van der Waals surface area contributed by atoms with E-state index in [0.29, 0.717) is 18.4 Å². The lowest BCUT2D eigenvalue weighted by Crippen LogP contribution is -2.50. The smallest absolute Gasteiger partial charge is 0.238 e. The normalized spacial score (nSPS) is 27.2. The average molecular weight is 384 g/mol. The van der Waals surface area contributed by atoms with E-state index in [-0.39, 0.29) is 5.91 Å². The van der Waals surface area contributed by atoms with Gasteiger partial charge in [-0.05, 0) is 68.1 Å². The highest BCUT2D eigenvalue weighted by Gasteiger charge is 2.40. The van der Waals surface area contributed by atoms with E-state index in [4.69, 9.17) is 0 Å². The molecule has 5 nitrogen and oxygen atoms in total. The first-order valence-electron chi connectivity index (χ1n) is 10.9. The number of rotatable bonds is 5. The van der Waals surface area contributed by atoms with E-state index in [9.17, 15) is 9.59 Å². The molecule has 2 saturated carbocycles. The molecule has 1 aromatic rings. The Morgan fingerprint density at radius 3 is 2.54 bits per heavy atom. The van der Waals surface area contributed by atoms with Crippen molar-refractivity contribution in [2.45, 2.75) is 46.0 Å². The molecule has 2 bridgehead atoms. The predicted molar refractivity (Wildman–Crippen MR) is 111 cm³/mol. The Balaban J connectivity index is 1.21. The fourth-order valence-corrected chi connectivity index (χ4v) is 5.41. The van der Waals surface area contributed by atoms with Crippen LogP contribution in [0.5, 0.6) is 0 Å². The standard InChI is InChI=1S/C23H33N3O2/c1-16-4-3-5-21(17(16)2)24-22(27)15-25-8-10-26(11-9-25)23(28)14-20-13-18-6-7-19(20)12-18/h3-5,18-20H,6-15H2,1-2H3,(H,24,27). The van der Waals surface area contributed by atoms with Gasteiger partial charge in [-0.1, -0.05) is 18.6 Å². The summed E-state index contributed by atoms with van der Waals surface area (Å²) in [5, 5.41) is 3.03. The molecule has 1 N–H and O–H groups in total. The zero-order valence-corrected chi connectivity index (χ0v) is 17.2. The Kier molecular flexibility index (Phi) is 5.72. The van der Waals surface area contributed by atoms with Gasteiger partial charge < -0.3 is 10.2 Å². The average Bonchev–Trinajstić information content (AvgIpc) is 3.29. The van der Waals surface area contributed by atoms with Crippen LogP contribution in [0.4, 0.5) is 5.69 Å². The van der Waals surface area contributed by atoms with Crippen LogP contribution in [0.2, 0.25) is 0 Å². The minimum atomic E-state index is 0.0236. The number of carbonyl (C=O) groups excluding carboxylic acids is 2. The van der Waals surface area contributed by atoms with Crippen LogP contribution in [0.15, 0.2) is 18.2 Å². The molecule has 2 amide bonds. The second kappa shape index (κ2) is 8.24. The van der Waals surface area contributed by atoms with Crippen LogP contribution in [0.25, 0.3) is 0 Å². The van der Waals surface area contributed by atoms with Gasteiger partial charge >= 0.3 is 0 Å². The molecule has 0 spiro atoms. The molecule has 0 aromatic heterocycles. The molecule has 28 heavy (non-hydrogen) atoms. The summed E-state index contributed by atoms with van der Waals surface area (Å²) >= 11 is 0. The van der Waals surface area contributed by atoms with E-state index in [1.54, 1.807) is 0 Å². The van der Waals surface area contributed by atoms with Gasteiger partial charge in [0.2, 0.25) is 11.8 Å². The molecular formula is C23H33N3O2. The minimum Gasteiger partial charge on any atom is -0.340 e. The monoisotopic (exact) mass is 383 g/mol. The summed E-state index contributed by atoms with van der Waals surface area (Å²) in [4.78, 5) is 29.3. The lowest BCUT2D eigenvalue weighted by Gasteiger charge is -2.35. The number of nitrogens with one attached hydrogen (secondary N) is 1. The third kappa shape index (κ3) is 4.24. The number of carbonyl (C=O) groups is 2. The molecule has 1 aliphatic heterocycles. The second-order valence-electron chi connectivity index (χ2n) is 9.09. The first-order valence-corrected chi connectivity index (χ1v) is 10.9.